The summed E-state index contributed by atoms with van der Waals surface area (Å²) in [5, 5.41) is 4.41. The van der Waals surface area contributed by atoms with E-state index in [0.29, 0.717) is 0 Å². The van der Waals surface area contributed by atoms with Crippen molar-refractivity contribution in [3.05, 3.63) is 103 Å². The molecule has 0 aliphatic rings. The molecule has 3 aromatic rings. The first-order chi connectivity index (χ1) is 12.4. The van der Waals surface area contributed by atoms with Crippen LogP contribution in [0.2, 0.25) is 0 Å². The van der Waals surface area contributed by atoms with Crippen LogP contribution < -0.4 is 32.9 Å². The lowest BCUT2D eigenvalue weighted by Crippen LogP contribution is -3.00. The van der Waals surface area contributed by atoms with E-state index in [1.807, 2.05) is 0 Å². The van der Waals surface area contributed by atoms with Gasteiger partial charge < -0.3 is 17.0 Å². The molecule has 0 amide bonds. The predicted octanol–water partition coefficient (Wildman–Crippen LogP) is 2.34. The molecule has 0 fully saturated rings. The average molecular weight is 425 g/mol. The highest BCUT2D eigenvalue weighted by atomic mass is 79.9. The maximum Gasteiger partial charge on any atom is 0.112 e. The molecule has 26 heavy (non-hydrogen) atoms. The minimum absolute atomic E-state index is 0. The van der Waals surface area contributed by atoms with Crippen LogP contribution in [0.5, 0.6) is 0 Å². The molecule has 0 atom stereocenters. The Morgan fingerprint density at radius 3 is 1.35 bits per heavy atom. The summed E-state index contributed by atoms with van der Waals surface area (Å²) >= 11 is 0. The quantitative estimate of drug-likeness (QED) is 0.403. The van der Waals surface area contributed by atoms with E-state index in [2.05, 4.69) is 110 Å². The molecule has 0 spiro atoms. The summed E-state index contributed by atoms with van der Waals surface area (Å²) in [6.07, 6.45) is 8.02. The standard InChI is InChI=1S/C24H26P.BrH/c1-2-3-4-14-21-25(22-15-8-5-9-16-22,23-17-10-6-11-18-23)24-19-12-7-13-20-24;/h3-13,15-20H,2,14,21H2,1H3;1H/q+1;/p-1/b4-3-;. The first kappa shape index (κ1) is 20.6. The number of hydrogen-bond donors (Lipinski definition) is 0. The van der Waals surface area contributed by atoms with E-state index in [0.717, 1.165) is 12.8 Å². The third-order valence-corrected chi connectivity index (χ3v) is 9.09. The minimum atomic E-state index is -1.64. The fraction of sp³-hybridized carbons (Fsp3) is 0.167. The lowest BCUT2D eigenvalue weighted by Gasteiger charge is -2.27. The number of hydrogen-bond acceptors (Lipinski definition) is 0. The Balaban J connectivity index is 0.00000243. The number of benzene rings is 3. The van der Waals surface area contributed by atoms with E-state index in [-0.39, 0.29) is 17.0 Å². The van der Waals surface area contributed by atoms with Crippen molar-refractivity contribution < 1.29 is 17.0 Å². The van der Waals surface area contributed by atoms with Gasteiger partial charge in [0.25, 0.3) is 0 Å². The van der Waals surface area contributed by atoms with Gasteiger partial charge in [-0.25, -0.2) is 0 Å². The zero-order valence-corrected chi connectivity index (χ0v) is 17.7. The molecule has 3 rings (SSSR count). The highest BCUT2D eigenvalue weighted by Gasteiger charge is 2.44. The van der Waals surface area contributed by atoms with Gasteiger partial charge in [0.1, 0.15) is 23.2 Å². The van der Waals surface area contributed by atoms with E-state index in [4.69, 9.17) is 0 Å². The SMILES string of the molecule is CC/C=C\CC[P+](c1ccccc1)(c1ccccc1)c1ccccc1.[Br-]. The van der Waals surface area contributed by atoms with Crippen molar-refractivity contribution in [2.75, 3.05) is 6.16 Å². The van der Waals surface area contributed by atoms with Gasteiger partial charge in [-0.2, -0.15) is 0 Å². The third-order valence-electron chi connectivity index (χ3n) is 4.62. The summed E-state index contributed by atoms with van der Waals surface area (Å²) in [6, 6.07) is 33.3. The van der Waals surface area contributed by atoms with Crippen molar-refractivity contribution in [2.45, 2.75) is 19.8 Å². The fourth-order valence-electron chi connectivity index (χ4n) is 3.43. The molecule has 0 N–H and O–H groups in total. The van der Waals surface area contributed by atoms with Crippen LogP contribution in [0.25, 0.3) is 0 Å². The molecule has 0 heterocycles. The van der Waals surface area contributed by atoms with E-state index in [1.165, 1.54) is 22.1 Å². The van der Waals surface area contributed by atoms with Crippen LogP contribution in [-0.4, -0.2) is 6.16 Å². The Labute approximate surface area is 169 Å². The monoisotopic (exact) mass is 424 g/mol. The van der Waals surface area contributed by atoms with Crippen LogP contribution in [0, 0.1) is 0 Å². The molecule has 2 heteroatoms. The minimum Gasteiger partial charge on any atom is -1.00 e. The van der Waals surface area contributed by atoms with Gasteiger partial charge in [-0.3, -0.25) is 0 Å². The second-order valence-corrected chi connectivity index (χ2v) is 9.82. The molecule has 0 radical (unpaired) electrons. The van der Waals surface area contributed by atoms with E-state index in [1.54, 1.807) is 0 Å². The van der Waals surface area contributed by atoms with Crippen LogP contribution in [-0.2, 0) is 0 Å². The average Bonchev–Trinajstić information content (AvgIpc) is 2.70. The Morgan fingerprint density at radius 1 is 0.615 bits per heavy atom. The summed E-state index contributed by atoms with van der Waals surface area (Å²) in [4.78, 5) is 0. The molecule has 0 aromatic heterocycles. The molecule has 0 saturated carbocycles. The molecule has 0 saturated heterocycles. The lowest BCUT2D eigenvalue weighted by atomic mass is 10.3. The summed E-state index contributed by atoms with van der Waals surface area (Å²) in [7, 11) is -1.64. The van der Waals surface area contributed by atoms with Crippen LogP contribution in [0.4, 0.5) is 0 Å². The van der Waals surface area contributed by atoms with Crippen LogP contribution in [0.3, 0.4) is 0 Å². The first-order valence-electron chi connectivity index (χ1n) is 9.08. The lowest BCUT2D eigenvalue weighted by molar-refractivity contribution is -0.00000492. The second-order valence-electron chi connectivity index (χ2n) is 6.21. The van der Waals surface area contributed by atoms with Gasteiger partial charge in [0, 0.05) is 6.42 Å². The van der Waals surface area contributed by atoms with E-state index in [9.17, 15) is 0 Å². The first-order valence-corrected chi connectivity index (χ1v) is 11.1. The Morgan fingerprint density at radius 2 is 1.00 bits per heavy atom. The Hall–Kier alpha value is -1.69. The zero-order chi connectivity index (χ0) is 17.4. The topological polar surface area (TPSA) is 0 Å². The molecule has 0 unspecified atom stereocenters. The van der Waals surface area contributed by atoms with Gasteiger partial charge in [-0.05, 0) is 42.8 Å². The van der Waals surface area contributed by atoms with Crippen molar-refractivity contribution in [1.29, 1.82) is 0 Å². The van der Waals surface area contributed by atoms with Crippen molar-refractivity contribution in [1.82, 2.24) is 0 Å². The predicted molar refractivity (Wildman–Crippen MR) is 114 cm³/mol. The van der Waals surface area contributed by atoms with Crippen molar-refractivity contribution in [3.8, 4) is 0 Å². The van der Waals surface area contributed by atoms with E-state index >= 15 is 0 Å². The van der Waals surface area contributed by atoms with Gasteiger partial charge in [0.2, 0.25) is 0 Å². The number of allylic oxidation sites excluding steroid dienone is 2. The number of halogens is 1. The zero-order valence-electron chi connectivity index (χ0n) is 15.3. The van der Waals surface area contributed by atoms with Crippen molar-refractivity contribution in [2.24, 2.45) is 0 Å². The summed E-state index contributed by atoms with van der Waals surface area (Å²) in [5.41, 5.74) is 0. The van der Waals surface area contributed by atoms with E-state index < -0.39 is 7.26 Å². The second kappa shape index (κ2) is 10.5. The Bertz CT molecular complexity index is 686. The molecule has 0 aliphatic heterocycles. The van der Waals surface area contributed by atoms with Gasteiger partial charge in [-0.15, -0.1) is 0 Å². The molecule has 0 nitrogen and oxygen atoms in total. The van der Waals surface area contributed by atoms with Gasteiger partial charge in [0.05, 0.1) is 6.16 Å². The molecule has 134 valence electrons. The molecule has 0 aliphatic carbocycles. The Kier molecular flexibility index (Phi) is 8.29. The fourth-order valence-corrected chi connectivity index (χ4v) is 7.68. The number of rotatable bonds is 7. The highest BCUT2D eigenvalue weighted by molar-refractivity contribution is 7.95. The summed E-state index contributed by atoms with van der Waals surface area (Å²) in [6.45, 7) is 2.20. The van der Waals surface area contributed by atoms with Crippen LogP contribution in [0.1, 0.15) is 19.8 Å². The van der Waals surface area contributed by atoms with Gasteiger partial charge >= 0.3 is 0 Å². The summed E-state index contributed by atoms with van der Waals surface area (Å²) < 4.78 is 0. The molecule has 3 aromatic carbocycles. The van der Waals surface area contributed by atoms with Crippen molar-refractivity contribution >= 4 is 23.2 Å². The molecular weight excluding hydrogens is 399 g/mol. The molecular formula is C24H26BrP. The smallest absolute Gasteiger partial charge is 0.112 e. The highest BCUT2D eigenvalue weighted by Crippen LogP contribution is 2.55. The maximum atomic E-state index is 2.35. The van der Waals surface area contributed by atoms with Crippen LogP contribution in [0.15, 0.2) is 103 Å². The maximum absolute atomic E-state index is 2.35. The third kappa shape index (κ3) is 4.53. The normalized spacial score (nSPS) is 11.3. The largest absolute Gasteiger partial charge is 1.00 e. The van der Waals surface area contributed by atoms with Gasteiger partial charge in [-0.1, -0.05) is 73.7 Å². The summed E-state index contributed by atoms with van der Waals surface area (Å²) in [5.74, 6) is 0. The van der Waals surface area contributed by atoms with Gasteiger partial charge in [0.15, 0.2) is 0 Å². The molecule has 0 bridgehead atoms. The van der Waals surface area contributed by atoms with Crippen molar-refractivity contribution in [3.63, 3.8) is 0 Å². The van der Waals surface area contributed by atoms with Crippen LogP contribution >= 0.6 is 7.26 Å².